The summed E-state index contributed by atoms with van der Waals surface area (Å²) in [6.07, 6.45) is 0. The first-order chi connectivity index (χ1) is 15.7. The van der Waals surface area contributed by atoms with Gasteiger partial charge < -0.3 is 25.4 Å². The normalized spacial score (nSPS) is 14.4. The number of nitrogens with two attached hydrogens (primary N) is 1. The van der Waals surface area contributed by atoms with Crippen LogP contribution in [0.5, 0.6) is 5.75 Å². The Kier molecular flexibility index (Phi) is 7.39. The number of nitrogens with zero attached hydrogens (tertiary/aromatic N) is 1. The molecule has 1 heterocycles. The molecule has 1 unspecified atom stereocenters. The van der Waals surface area contributed by atoms with Crippen molar-refractivity contribution in [3.05, 3.63) is 59.2 Å². The molecule has 0 aromatic heterocycles. The molecule has 1 aliphatic heterocycles. The van der Waals surface area contributed by atoms with E-state index in [2.05, 4.69) is 5.32 Å². The van der Waals surface area contributed by atoms with E-state index < -0.39 is 12.0 Å². The van der Waals surface area contributed by atoms with Crippen molar-refractivity contribution in [2.24, 2.45) is 5.73 Å². The Labute approximate surface area is 195 Å². The van der Waals surface area contributed by atoms with Crippen molar-refractivity contribution in [2.45, 2.75) is 19.9 Å². The molecule has 2 aromatic carbocycles. The minimum absolute atomic E-state index is 0.0859. The summed E-state index contributed by atoms with van der Waals surface area (Å²) in [6, 6.07) is 10.6. The van der Waals surface area contributed by atoms with Crippen molar-refractivity contribution in [2.75, 3.05) is 25.1 Å². The minimum atomic E-state index is -0.686. The molecule has 0 fully saturated rings. The van der Waals surface area contributed by atoms with Crippen LogP contribution in [0.15, 0.2) is 42.5 Å². The Morgan fingerprint density at radius 2 is 1.91 bits per heavy atom. The van der Waals surface area contributed by atoms with Gasteiger partial charge in [-0.05, 0) is 36.8 Å². The molecule has 0 saturated carbocycles. The second kappa shape index (κ2) is 10.2. The molecule has 2 aromatic rings. The van der Waals surface area contributed by atoms with Crippen LogP contribution in [-0.4, -0.2) is 53.2 Å². The van der Waals surface area contributed by atoms with Gasteiger partial charge in [0, 0.05) is 18.1 Å². The first kappa shape index (κ1) is 23.9. The largest absolute Gasteiger partial charge is 0.480 e. The van der Waals surface area contributed by atoms with Crippen LogP contribution < -0.4 is 15.8 Å². The predicted molar refractivity (Wildman–Crippen MR) is 124 cm³/mol. The number of amides is 2. The molecule has 10 heteroatoms. The lowest BCUT2D eigenvalue weighted by Gasteiger charge is -2.24. The smallest absolute Gasteiger partial charge is 0.344 e. The number of benzene rings is 2. The zero-order chi connectivity index (χ0) is 24.1. The van der Waals surface area contributed by atoms with Gasteiger partial charge in [-0.25, -0.2) is 4.79 Å². The summed E-state index contributed by atoms with van der Waals surface area (Å²) >= 11 is 5.16. The van der Waals surface area contributed by atoms with E-state index in [4.69, 9.17) is 27.4 Å². The molecule has 9 nitrogen and oxygen atoms in total. The van der Waals surface area contributed by atoms with Gasteiger partial charge in [0.05, 0.1) is 18.8 Å². The van der Waals surface area contributed by atoms with Crippen molar-refractivity contribution in [1.82, 2.24) is 4.90 Å². The summed E-state index contributed by atoms with van der Waals surface area (Å²) in [4.78, 5) is 50.6. The van der Waals surface area contributed by atoms with E-state index in [0.717, 1.165) is 0 Å². The number of thiocarbonyl (C=S) groups is 1. The number of ether oxygens (including phenoxy) is 2. The summed E-state index contributed by atoms with van der Waals surface area (Å²) in [7, 11) is 0. The number of rotatable bonds is 9. The van der Waals surface area contributed by atoms with Gasteiger partial charge in [0.1, 0.15) is 16.8 Å². The number of hydrogen-bond acceptors (Lipinski definition) is 7. The average molecular weight is 470 g/mol. The van der Waals surface area contributed by atoms with E-state index in [-0.39, 0.29) is 59.3 Å². The van der Waals surface area contributed by atoms with Crippen LogP contribution in [0.2, 0.25) is 0 Å². The number of hydrogen-bond donors (Lipinski definition) is 2. The number of anilines is 1. The van der Waals surface area contributed by atoms with E-state index in [9.17, 15) is 19.2 Å². The fourth-order valence-electron chi connectivity index (χ4n) is 3.54. The van der Waals surface area contributed by atoms with Crippen LogP contribution in [0.3, 0.4) is 0 Å². The lowest BCUT2D eigenvalue weighted by atomic mass is 10.0. The lowest BCUT2D eigenvalue weighted by molar-refractivity contribution is -0.145. The average Bonchev–Trinajstić information content (AvgIpc) is 3.04. The van der Waals surface area contributed by atoms with Gasteiger partial charge in [0.15, 0.2) is 12.4 Å². The first-order valence-corrected chi connectivity index (χ1v) is 10.6. The number of Topliss-reactive ketones (excluding diaryl/α,β-unsaturated/α-hetero) is 1. The molecule has 172 valence electrons. The molecule has 33 heavy (non-hydrogen) atoms. The Hall–Kier alpha value is -3.79. The zero-order valence-electron chi connectivity index (χ0n) is 18.1. The van der Waals surface area contributed by atoms with Gasteiger partial charge in [-0.1, -0.05) is 30.4 Å². The molecule has 0 radical (unpaired) electrons. The van der Waals surface area contributed by atoms with Gasteiger partial charge in [-0.3, -0.25) is 14.4 Å². The summed E-state index contributed by atoms with van der Waals surface area (Å²) in [5.74, 6) is -1.49. The molecule has 0 bridgehead atoms. The number of carbonyl (C=O) groups is 4. The monoisotopic (exact) mass is 469 g/mol. The van der Waals surface area contributed by atoms with Crippen molar-refractivity contribution >= 4 is 46.5 Å². The topological polar surface area (TPSA) is 128 Å². The highest BCUT2D eigenvalue weighted by Crippen LogP contribution is 2.34. The summed E-state index contributed by atoms with van der Waals surface area (Å²) in [5, 5.41) is 2.58. The van der Waals surface area contributed by atoms with Crippen LogP contribution in [0, 0.1) is 0 Å². The van der Waals surface area contributed by atoms with E-state index in [1.54, 1.807) is 31.2 Å². The van der Waals surface area contributed by atoms with Crippen molar-refractivity contribution in [3.8, 4) is 5.75 Å². The number of fused-ring (bicyclic) bond motifs is 1. The Bertz CT molecular complexity index is 1130. The third-order valence-corrected chi connectivity index (χ3v) is 5.13. The third kappa shape index (κ3) is 5.35. The maximum absolute atomic E-state index is 13.1. The molecule has 1 atom stereocenters. The lowest BCUT2D eigenvalue weighted by Crippen LogP contribution is -2.38. The van der Waals surface area contributed by atoms with Crippen molar-refractivity contribution in [3.63, 3.8) is 0 Å². The highest BCUT2D eigenvalue weighted by molar-refractivity contribution is 7.80. The van der Waals surface area contributed by atoms with Crippen LogP contribution in [0.4, 0.5) is 5.69 Å². The summed E-state index contributed by atoms with van der Waals surface area (Å²) in [5.41, 5.74) is 7.43. The molecule has 1 aliphatic rings. The number of esters is 1. The van der Waals surface area contributed by atoms with Crippen LogP contribution in [0.1, 0.15) is 46.2 Å². The summed E-state index contributed by atoms with van der Waals surface area (Å²) < 4.78 is 10.3. The van der Waals surface area contributed by atoms with Gasteiger partial charge in [-0.2, -0.15) is 0 Å². The van der Waals surface area contributed by atoms with Crippen LogP contribution in [-0.2, 0) is 14.3 Å². The molecule has 2 amide bonds. The maximum atomic E-state index is 13.1. The molecular formula is C23H23N3O6S. The fourth-order valence-corrected chi connectivity index (χ4v) is 3.80. The predicted octanol–water partition coefficient (Wildman–Crippen LogP) is 2.25. The van der Waals surface area contributed by atoms with E-state index >= 15 is 0 Å². The zero-order valence-corrected chi connectivity index (χ0v) is 18.9. The molecule has 0 aliphatic carbocycles. The van der Waals surface area contributed by atoms with Gasteiger partial charge in [0.2, 0.25) is 5.91 Å². The van der Waals surface area contributed by atoms with Crippen LogP contribution in [0.25, 0.3) is 0 Å². The van der Waals surface area contributed by atoms with E-state index in [0.29, 0.717) is 11.1 Å². The highest BCUT2D eigenvalue weighted by Gasteiger charge is 2.39. The Morgan fingerprint density at radius 3 is 2.58 bits per heavy atom. The molecule has 3 N–H and O–H groups in total. The highest BCUT2D eigenvalue weighted by atomic mass is 32.1. The second-order valence-electron chi connectivity index (χ2n) is 7.23. The fraction of sp³-hybridized carbons (Fsp3) is 0.261. The van der Waals surface area contributed by atoms with Gasteiger partial charge in [-0.15, -0.1) is 0 Å². The second-order valence-corrected chi connectivity index (χ2v) is 7.71. The number of ketones is 1. The van der Waals surface area contributed by atoms with Gasteiger partial charge in [0.25, 0.3) is 5.91 Å². The van der Waals surface area contributed by atoms with Gasteiger partial charge >= 0.3 is 5.97 Å². The SMILES string of the molecule is CCOC(=O)COc1ccc(C(=O)CN2C(=O)c3ccccc3C2C(N)=S)cc1NC(C)=O. The molecule has 3 rings (SSSR count). The van der Waals surface area contributed by atoms with Crippen molar-refractivity contribution in [1.29, 1.82) is 0 Å². The standard InChI is InChI=1S/C23H23N3O6S/c1-3-31-20(29)12-32-19-9-8-14(10-17(19)25-13(2)27)18(28)11-26-21(22(24)33)15-6-4-5-7-16(15)23(26)30/h4-10,21H,3,11-12H2,1-2H3,(H2,24,33)(H,25,27). The minimum Gasteiger partial charge on any atom is -0.480 e. The quantitative estimate of drug-likeness (QED) is 0.325. The maximum Gasteiger partial charge on any atom is 0.344 e. The Morgan fingerprint density at radius 1 is 1.18 bits per heavy atom. The molecular weight excluding hydrogens is 446 g/mol. The van der Waals surface area contributed by atoms with Crippen LogP contribution >= 0.6 is 12.2 Å². The number of nitrogens with one attached hydrogen (secondary N) is 1. The molecule has 0 spiro atoms. The molecule has 0 saturated heterocycles. The third-order valence-electron chi connectivity index (χ3n) is 4.90. The van der Waals surface area contributed by atoms with Crippen molar-refractivity contribution < 1.29 is 28.7 Å². The van der Waals surface area contributed by atoms with E-state index in [1.807, 2.05) is 0 Å². The number of carbonyl (C=O) groups excluding carboxylic acids is 4. The summed E-state index contributed by atoms with van der Waals surface area (Å²) in [6.45, 7) is 2.56. The first-order valence-electron chi connectivity index (χ1n) is 10.1. The Balaban J connectivity index is 1.83. The van der Waals surface area contributed by atoms with E-state index in [1.165, 1.54) is 30.0 Å².